The van der Waals surface area contributed by atoms with Crippen molar-refractivity contribution in [1.29, 1.82) is 0 Å². The Morgan fingerprint density at radius 2 is 1.82 bits per heavy atom. The Morgan fingerprint density at radius 3 is 2.53 bits per heavy atom. The van der Waals surface area contributed by atoms with Gasteiger partial charge < -0.3 is 26.3 Å². The van der Waals surface area contributed by atoms with Crippen LogP contribution < -0.4 is 16.4 Å². The highest BCUT2D eigenvalue weighted by Gasteiger charge is 2.31. The van der Waals surface area contributed by atoms with Gasteiger partial charge in [0.15, 0.2) is 0 Å². The third-order valence-corrected chi connectivity index (χ3v) is 7.66. The monoisotopic (exact) mass is 535 g/mol. The standard InChI is InChI=1S/C28H34ClN7O2/c29-21-3-4-23(25(17-21)34-27(37)24-2-1-10-31-24)33-22-8-14-36(15-9-22)28(38)20-6-12-35(13-7-20)18-19-5-11-32-26(30)16-19/h1-5,10-11,16-17,20,22,31,33H,6-9,12-15,18H2,(H2,30,32)(H,34,37). The minimum absolute atomic E-state index is 0.0874. The van der Waals surface area contributed by atoms with E-state index in [1.165, 1.54) is 0 Å². The van der Waals surface area contributed by atoms with E-state index in [1.54, 1.807) is 30.6 Å². The first-order valence-electron chi connectivity index (χ1n) is 13.2. The average Bonchev–Trinajstić information content (AvgIpc) is 3.46. The minimum Gasteiger partial charge on any atom is -0.384 e. The number of nitrogens with two attached hydrogens (primary N) is 1. The summed E-state index contributed by atoms with van der Waals surface area (Å²) in [6.45, 7) is 4.10. The van der Waals surface area contributed by atoms with Crippen molar-refractivity contribution in [2.75, 3.05) is 42.5 Å². The van der Waals surface area contributed by atoms with Gasteiger partial charge in [-0.15, -0.1) is 0 Å². The Bertz CT molecular complexity index is 1250. The van der Waals surface area contributed by atoms with Gasteiger partial charge in [-0.1, -0.05) is 11.6 Å². The highest BCUT2D eigenvalue weighted by molar-refractivity contribution is 6.31. The van der Waals surface area contributed by atoms with E-state index >= 15 is 0 Å². The number of hydrogen-bond donors (Lipinski definition) is 4. The number of carbonyl (C=O) groups is 2. The second-order valence-electron chi connectivity index (χ2n) is 10.1. The van der Waals surface area contributed by atoms with Gasteiger partial charge in [-0.25, -0.2) is 4.98 Å². The summed E-state index contributed by atoms with van der Waals surface area (Å²) >= 11 is 6.21. The maximum atomic E-state index is 13.3. The molecule has 5 N–H and O–H groups in total. The number of carbonyl (C=O) groups excluding carboxylic acids is 2. The highest BCUT2D eigenvalue weighted by atomic mass is 35.5. The molecule has 2 fully saturated rings. The van der Waals surface area contributed by atoms with Crippen LogP contribution in [-0.4, -0.2) is 63.8 Å². The molecule has 2 aromatic heterocycles. The minimum atomic E-state index is -0.225. The van der Waals surface area contributed by atoms with Gasteiger partial charge in [0, 0.05) is 49.0 Å². The fourth-order valence-electron chi connectivity index (χ4n) is 5.32. The second-order valence-corrected chi connectivity index (χ2v) is 10.5. The summed E-state index contributed by atoms with van der Waals surface area (Å²) in [5, 5.41) is 7.05. The molecule has 3 aromatic rings. The summed E-state index contributed by atoms with van der Waals surface area (Å²) in [5.41, 5.74) is 8.90. The Kier molecular flexibility index (Phi) is 8.14. The number of likely N-dealkylation sites (tertiary alicyclic amines) is 2. The van der Waals surface area contributed by atoms with Crippen LogP contribution in [0.1, 0.15) is 41.7 Å². The van der Waals surface area contributed by atoms with E-state index < -0.39 is 0 Å². The van der Waals surface area contributed by atoms with E-state index in [0.717, 1.165) is 69.7 Å². The number of nitrogens with one attached hydrogen (secondary N) is 3. The zero-order chi connectivity index (χ0) is 26.5. The fourth-order valence-corrected chi connectivity index (χ4v) is 5.49. The second kappa shape index (κ2) is 11.9. The molecule has 2 amide bonds. The van der Waals surface area contributed by atoms with Crippen molar-refractivity contribution in [2.45, 2.75) is 38.3 Å². The Hall–Kier alpha value is -3.56. The molecule has 9 nitrogen and oxygen atoms in total. The van der Waals surface area contributed by atoms with E-state index in [2.05, 4.69) is 25.5 Å². The Balaban J connectivity index is 1.10. The van der Waals surface area contributed by atoms with Crippen LogP contribution in [0.25, 0.3) is 0 Å². The predicted molar refractivity (Wildman–Crippen MR) is 150 cm³/mol. The lowest BCUT2D eigenvalue weighted by atomic mass is 9.93. The molecule has 0 aliphatic carbocycles. The van der Waals surface area contributed by atoms with Gasteiger partial charge in [-0.05, 0) is 86.8 Å². The lowest BCUT2D eigenvalue weighted by Gasteiger charge is -2.37. The van der Waals surface area contributed by atoms with Gasteiger partial charge in [-0.2, -0.15) is 0 Å². The first-order valence-corrected chi connectivity index (χ1v) is 13.5. The van der Waals surface area contributed by atoms with E-state index in [4.69, 9.17) is 17.3 Å². The van der Waals surface area contributed by atoms with Crippen LogP contribution in [0.4, 0.5) is 17.2 Å². The van der Waals surface area contributed by atoms with Crippen LogP contribution in [0.5, 0.6) is 0 Å². The number of halogens is 1. The summed E-state index contributed by atoms with van der Waals surface area (Å²) in [7, 11) is 0. The van der Waals surface area contributed by atoms with Gasteiger partial charge in [0.2, 0.25) is 5.91 Å². The number of rotatable bonds is 7. The van der Waals surface area contributed by atoms with E-state index in [0.29, 0.717) is 22.2 Å². The molecule has 38 heavy (non-hydrogen) atoms. The number of piperidine rings is 2. The van der Waals surface area contributed by atoms with Crippen molar-refractivity contribution in [3.8, 4) is 0 Å². The number of amides is 2. The maximum Gasteiger partial charge on any atom is 0.272 e. The molecule has 0 spiro atoms. The predicted octanol–water partition coefficient (Wildman–Crippen LogP) is 4.21. The number of nitrogens with zero attached hydrogens (tertiary/aromatic N) is 3. The summed E-state index contributed by atoms with van der Waals surface area (Å²) in [4.78, 5) is 37.2. The third-order valence-electron chi connectivity index (χ3n) is 7.43. The molecule has 2 aliphatic heterocycles. The van der Waals surface area contributed by atoms with Gasteiger partial charge >= 0.3 is 0 Å². The SMILES string of the molecule is Nc1cc(CN2CCC(C(=O)N3CCC(Nc4ccc(Cl)cc4NC(=O)c4ccc[nH]4)CC3)CC2)ccn1. The molecule has 0 bridgehead atoms. The largest absolute Gasteiger partial charge is 0.384 e. The molecule has 0 atom stereocenters. The first-order chi connectivity index (χ1) is 18.4. The van der Waals surface area contributed by atoms with Crippen LogP contribution >= 0.6 is 11.6 Å². The molecule has 0 saturated carbocycles. The number of H-pyrrole nitrogens is 1. The van der Waals surface area contributed by atoms with Crippen molar-refractivity contribution < 1.29 is 9.59 Å². The normalized spacial score (nSPS) is 17.3. The third kappa shape index (κ3) is 6.46. The molecular formula is C28H34ClN7O2. The van der Waals surface area contributed by atoms with Gasteiger partial charge in [0.25, 0.3) is 5.91 Å². The smallest absolute Gasteiger partial charge is 0.272 e. The first kappa shape index (κ1) is 26.1. The van der Waals surface area contributed by atoms with Crippen LogP contribution in [-0.2, 0) is 11.3 Å². The molecule has 0 unspecified atom stereocenters. The van der Waals surface area contributed by atoms with E-state index in [9.17, 15) is 9.59 Å². The van der Waals surface area contributed by atoms with Crippen molar-refractivity contribution >= 4 is 40.6 Å². The van der Waals surface area contributed by atoms with Crippen molar-refractivity contribution in [3.05, 3.63) is 71.1 Å². The number of benzene rings is 1. The molecule has 10 heteroatoms. The van der Waals surface area contributed by atoms with Crippen molar-refractivity contribution in [2.24, 2.45) is 5.92 Å². The zero-order valence-electron chi connectivity index (χ0n) is 21.3. The van der Waals surface area contributed by atoms with E-state index in [-0.39, 0.29) is 23.8 Å². The number of nitrogen functional groups attached to an aromatic ring is 1. The molecule has 5 rings (SSSR count). The fraction of sp³-hybridized carbons (Fsp3) is 0.393. The molecule has 4 heterocycles. The van der Waals surface area contributed by atoms with Crippen LogP contribution in [0.2, 0.25) is 5.02 Å². The zero-order valence-corrected chi connectivity index (χ0v) is 22.1. The van der Waals surface area contributed by atoms with Crippen molar-refractivity contribution in [3.63, 3.8) is 0 Å². The Labute approximate surface area is 227 Å². The molecular weight excluding hydrogens is 502 g/mol. The molecule has 2 saturated heterocycles. The number of anilines is 3. The highest BCUT2D eigenvalue weighted by Crippen LogP contribution is 2.29. The average molecular weight is 536 g/mol. The molecule has 2 aliphatic rings. The molecule has 200 valence electrons. The summed E-state index contributed by atoms with van der Waals surface area (Å²) in [6.07, 6.45) is 6.91. The van der Waals surface area contributed by atoms with E-state index in [1.807, 2.05) is 29.2 Å². The lowest BCUT2D eigenvalue weighted by molar-refractivity contribution is -0.138. The molecule has 0 radical (unpaired) electrons. The number of aromatic amines is 1. The Morgan fingerprint density at radius 1 is 1.03 bits per heavy atom. The van der Waals surface area contributed by atoms with Gasteiger partial charge in [0.05, 0.1) is 11.4 Å². The summed E-state index contributed by atoms with van der Waals surface area (Å²) in [5.74, 6) is 0.682. The van der Waals surface area contributed by atoms with Crippen LogP contribution in [0, 0.1) is 5.92 Å². The van der Waals surface area contributed by atoms with Crippen LogP contribution in [0.3, 0.4) is 0 Å². The van der Waals surface area contributed by atoms with Crippen molar-refractivity contribution in [1.82, 2.24) is 19.8 Å². The number of pyridine rings is 1. The maximum absolute atomic E-state index is 13.3. The summed E-state index contributed by atoms with van der Waals surface area (Å²) in [6, 6.07) is 13.1. The number of aromatic nitrogens is 2. The molecule has 1 aromatic carbocycles. The van der Waals surface area contributed by atoms with Gasteiger partial charge in [-0.3, -0.25) is 14.5 Å². The van der Waals surface area contributed by atoms with Gasteiger partial charge in [0.1, 0.15) is 11.5 Å². The lowest BCUT2D eigenvalue weighted by Crippen LogP contribution is -2.47. The number of hydrogen-bond acceptors (Lipinski definition) is 6. The van der Waals surface area contributed by atoms with Crippen LogP contribution in [0.15, 0.2) is 54.9 Å². The summed E-state index contributed by atoms with van der Waals surface area (Å²) < 4.78 is 0. The topological polar surface area (TPSA) is 119 Å². The quantitative estimate of drug-likeness (QED) is 0.360.